The zero-order valence-electron chi connectivity index (χ0n) is 11.8. The predicted molar refractivity (Wildman–Crippen MR) is 70.9 cm³/mol. The molecule has 6 nitrogen and oxygen atoms in total. The van der Waals surface area contributed by atoms with Gasteiger partial charge in [0.2, 0.25) is 5.91 Å². The van der Waals surface area contributed by atoms with Crippen LogP contribution in [-0.2, 0) is 9.59 Å². The highest BCUT2D eigenvalue weighted by Gasteiger charge is 2.20. The van der Waals surface area contributed by atoms with E-state index in [2.05, 4.69) is 10.4 Å². The predicted octanol–water partition coefficient (Wildman–Crippen LogP) is 1.43. The van der Waals surface area contributed by atoms with Gasteiger partial charge in [-0.1, -0.05) is 6.92 Å². The Morgan fingerprint density at radius 1 is 1.47 bits per heavy atom. The maximum atomic E-state index is 11.8. The Morgan fingerprint density at radius 3 is 2.53 bits per heavy atom. The van der Waals surface area contributed by atoms with Crippen LogP contribution in [0.3, 0.4) is 0 Å². The van der Waals surface area contributed by atoms with Gasteiger partial charge in [-0.05, 0) is 33.3 Å². The molecule has 106 valence electrons. The zero-order valence-corrected chi connectivity index (χ0v) is 11.8. The van der Waals surface area contributed by atoms with Crippen LogP contribution in [0.4, 0.5) is 0 Å². The van der Waals surface area contributed by atoms with Gasteiger partial charge < -0.3 is 10.4 Å². The van der Waals surface area contributed by atoms with Crippen LogP contribution in [0.2, 0.25) is 0 Å². The van der Waals surface area contributed by atoms with Crippen molar-refractivity contribution in [2.24, 2.45) is 0 Å². The molecule has 1 heterocycles. The van der Waals surface area contributed by atoms with Crippen LogP contribution in [0.15, 0.2) is 6.07 Å². The van der Waals surface area contributed by atoms with Crippen LogP contribution >= 0.6 is 0 Å². The van der Waals surface area contributed by atoms with Crippen LogP contribution < -0.4 is 5.32 Å². The van der Waals surface area contributed by atoms with Gasteiger partial charge in [-0.15, -0.1) is 0 Å². The molecule has 0 aromatic carbocycles. The summed E-state index contributed by atoms with van der Waals surface area (Å²) in [5.74, 6) is -1.27. The van der Waals surface area contributed by atoms with Gasteiger partial charge in [0.25, 0.3) is 0 Å². The van der Waals surface area contributed by atoms with Crippen molar-refractivity contribution < 1.29 is 14.7 Å². The van der Waals surface area contributed by atoms with E-state index in [0.717, 1.165) is 11.4 Å². The minimum absolute atomic E-state index is 0.0972. The van der Waals surface area contributed by atoms with Crippen molar-refractivity contribution in [3.05, 3.63) is 17.5 Å². The van der Waals surface area contributed by atoms with E-state index in [1.807, 2.05) is 26.8 Å². The highest BCUT2D eigenvalue weighted by atomic mass is 16.4. The molecule has 0 bridgehead atoms. The second kappa shape index (κ2) is 6.36. The molecule has 0 spiro atoms. The molecule has 6 heteroatoms. The van der Waals surface area contributed by atoms with Crippen molar-refractivity contribution in [2.45, 2.75) is 52.6 Å². The molecule has 19 heavy (non-hydrogen) atoms. The van der Waals surface area contributed by atoms with Gasteiger partial charge in [-0.2, -0.15) is 5.10 Å². The second-order valence-corrected chi connectivity index (χ2v) is 4.79. The monoisotopic (exact) mass is 267 g/mol. The summed E-state index contributed by atoms with van der Waals surface area (Å²) in [4.78, 5) is 22.7. The normalized spacial score (nSPS) is 13.9. The largest absolute Gasteiger partial charge is 0.480 e. The lowest BCUT2D eigenvalue weighted by Crippen LogP contribution is -2.40. The number of nitrogens with one attached hydrogen (secondary N) is 1. The summed E-state index contributed by atoms with van der Waals surface area (Å²) < 4.78 is 1.79. The molecule has 0 fully saturated rings. The van der Waals surface area contributed by atoms with Gasteiger partial charge in [-0.25, -0.2) is 4.79 Å². The molecule has 2 atom stereocenters. The third kappa shape index (κ3) is 4.08. The highest BCUT2D eigenvalue weighted by Crippen LogP contribution is 2.14. The first kappa shape index (κ1) is 15.2. The molecule has 1 aromatic rings. The zero-order chi connectivity index (χ0) is 14.6. The molecule has 0 aliphatic heterocycles. The van der Waals surface area contributed by atoms with Crippen LogP contribution in [0.1, 0.15) is 44.1 Å². The number of rotatable bonds is 6. The number of carbonyl (C=O) groups excluding carboxylic acids is 1. The summed E-state index contributed by atoms with van der Waals surface area (Å²) in [7, 11) is 0. The van der Waals surface area contributed by atoms with Crippen LogP contribution in [0, 0.1) is 13.8 Å². The van der Waals surface area contributed by atoms with E-state index in [9.17, 15) is 9.59 Å². The number of hydrogen-bond acceptors (Lipinski definition) is 3. The van der Waals surface area contributed by atoms with E-state index >= 15 is 0 Å². The fourth-order valence-electron chi connectivity index (χ4n) is 2.04. The van der Waals surface area contributed by atoms with Crippen molar-refractivity contribution in [1.29, 1.82) is 0 Å². The molecule has 1 rings (SSSR count). The topological polar surface area (TPSA) is 84.2 Å². The van der Waals surface area contributed by atoms with Crippen molar-refractivity contribution >= 4 is 11.9 Å². The Morgan fingerprint density at radius 2 is 2.11 bits per heavy atom. The lowest BCUT2D eigenvalue weighted by molar-refractivity contribution is -0.142. The Hall–Kier alpha value is -1.85. The van der Waals surface area contributed by atoms with E-state index in [4.69, 9.17) is 5.11 Å². The molecule has 1 aromatic heterocycles. The van der Waals surface area contributed by atoms with Gasteiger partial charge in [0.15, 0.2) is 0 Å². The summed E-state index contributed by atoms with van der Waals surface area (Å²) in [6.45, 7) is 7.44. The highest BCUT2D eigenvalue weighted by molar-refractivity contribution is 5.83. The molecule has 2 unspecified atom stereocenters. The molecular weight excluding hydrogens is 246 g/mol. The SMILES string of the molecule is CCC(NC(=O)CC(C)n1nc(C)cc1C)C(=O)O. The number of aryl methyl sites for hydroxylation is 2. The quantitative estimate of drug-likeness (QED) is 0.816. The number of carboxylic acids is 1. The van der Waals surface area contributed by atoms with Crippen molar-refractivity contribution in [3.63, 3.8) is 0 Å². The standard InChI is InChI=1S/C13H21N3O3/c1-5-11(13(18)19)14-12(17)7-10(4)16-9(3)6-8(2)15-16/h6,10-11H,5,7H2,1-4H3,(H,14,17)(H,18,19). The molecule has 0 radical (unpaired) electrons. The first-order chi connectivity index (χ1) is 8.85. The van der Waals surface area contributed by atoms with E-state index in [1.165, 1.54) is 0 Å². The summed E-state index contributed by atoms with van der Waals surface area (Å²) in [6.07, 6.45) is 0.584. The molecule has 0 aliphatic carbocycles. The fraction of sp³-hybridized carbons (Fsp3) is 0.615. The number of carbonyl (C=O) groups is 2. The number of aliphatic carboxylic acids is 1. The fourth-order valence-corrected chi connectivity index (χ4v) is 2.04. The summed E-state index contributed by atoms with van der Waals surface area (Å²) in [6, 6.07) is 1.03. The van der Waals surface area contributed by atoms with Crippen LogP contribution in [-0.4, -0.2) is 32.8 Å². The van der Waals surface area contributed by atoms with Crippen LogP contribution in [0.5, 0.6) is 0 Å². The molecule has 0 saturated carbocycles. The van der Waals surface area contributed by atoms with E-state index in [1.54, 1.807) is 11.6 Å². The average molecular weight is 267 g/mol. The second-order valence-electron chi connectivity index (χ2n) is 4.79. The molecule has 0 aliphatic rings. The first-order valence-electron chi connectivity index (χ1n) is 6.40. The van der Waals surface area contributed by atoms with E-state index < -0.39 is 12.0 Å². The van der Waals surface area contributed by atoms with Crippen molar-refractivity contribution in [2.75, 3.05) is 0 Å². The van der Waals surface area contributed by atoms with Gasteiger partial charge in [-0.3, -0.25) is 9.48 Å². The van der Waals surface area contributed by atoms with Gasteiger partial charge in [0, 0.05) is 12.1 Å². The Labute approximate surface area is 112 Å². The minimum atomic E-state index is -1.00. The van der Waals surface area contributed by atoms with Crippen molar-refractivity contribution in [1.82, 2.24) is 15.1 Å². The minimum Gasteiger partial charge on any atom is -0.480 e. The number of aromatic nitrogens is 2. The lowest BCUT2D eigenvalue weighted by Gasteiger charge is -2.16. The Kier molecular flexibility index (Phi) is 5.09. The first-order valence-corrected chi connectivity index (χ1v) is 6.40. The summed E-state index contributed by atoms with van der Waals surface area (Å²) in [5.41, 5.74) is 1.89. The number of hydrogen-bond donors (Lipinski definition) is 2. The summed E-state index contributed by atoms with van der Waals surface area (Å²) in [5, 5.41) is 15.7. The molecule has 0 saturated heterocycles. The Balaban J connectivity index is 2.62. The Bertz CT molecular complexity index is 468. The molecule has 2 N–H and O–H groups in total. The molecule has 1 amide bonds. The number of carboxylic acid groups (broad SMARTS) is 1. The van der Waals surface area contributed by atoms with Crippen LogP contribution in [0.25, 0.3) is 0 Å². The van der Waals surface area contributed by atoms with E-state index in [0.29, 0.717) is 6.42 Å². The van der Waals surface area contributed by atoms with Gasteiger partial charge in [0.05, 0.1) is 11.7 Å². The smallest absolute Gasteiger partial charge is 0.326 e. The van der Waals surface area contributed by atoms with Crippen molar-refractivity contribution in [3.8, 4) is 0 Å². The third-order valence-electron chi connectivity index (χ3n) is 2.98. The summed E-state index contributed by atoms with van der Waals surface area (Å²) >= 11 is 0. The maximum absolute atomic E-state index is 11.8. The van der Waals surface area contributed by atoms with Gasteiger partial charge in [0.1, 0.15) is 6.04 Å². The third-order valence-corrected chi connectivity index (χ3v) is 2.98. The lowest BCUT2D eigenvalue weighted by atomic mass is 10.2. The van der Waals surface area contributed by atoms with Gasteiger partial charge >= 0.3 is 5.97 Å². The number of nitrogens with zero attached hydrogens (tertiary/aromatic N) is 2. The van der Waals surface area contributed by atoms with E-state index in [-0.39, 0.29) is 18.4 Å². The molecular formula is C13H21N3O3. The maximum Gasteiger partial charge on any atom is 0.326 e. The average Bonchev–Trinajstić information content (AvgIpc) is 2.65. The number of amides is 1.